The fourth-order valence-electron chi connectivity index (χ4n) is 3.43. The molecule has 0 amide bonds. The molecule has 1 fully saturated rings. The Balaban J connectivity index is 1.60. The van der Waals surface area contributed by atoms with Crippen molar-refractivity contribution in [2.45, 2.75) is 37.5 Å². The van der Waals surface area contributed by atoms with Crippen LogP contribution < -0.4 is 5.32 Å². The molecular weight excluding hydrogens is 302 g/mol. The smallest absolute Gasteiger partial charge is 0.100 e. The molecule has 0 unspecified atom stereocenters. The van der Waals surface area contributed by atoms with E-state index in [9.17, 15) is 0 Å². The van der Waals surface area contributed by atoms with Crippen molar-refractivity contribution in [3.63, 3.8) is 0 Å². The van der Waals surface area contributed by atoms with Gasteiger partial charge >= 0.3 is 0 Å². The van der Waals surface area contributed by atoms with Crippen LogP contribution in [0, 0.1) is 0 Å². The SMILES string of the molecule is COC[C@H](Cc1ccccc1)N[C@H]1CCO[C@@H](c2cncn2C)C1. The molecule has 0 aliphatic carbocycles. The summed E-state index contributed by atoms with van der Waals surface area (Å²) >= 11 is 0. The van der Waals surface area contributed by atoms with Crippen LogP contribution in [0.4, 0.5) is 0 Å². The van der Waals surface area contributed by atoms with Crippen LogP contribution in [-0.2, 0) is 22.9 Å². The van der Waals surface area contributed by atoms with Gasteiger partial charge in [0.2, 0.25) is 0 Å². The third-order valence-electron chi connectivity index (χ3n) is 4.63. The van der Waals surface area contributed by atoms with Crippen molar-refractivity contribution in [2.75, 3.05) is 20.3 Å². The summed E-state index contributed by atoms with van der Waals surface area (Å²) in [6.45, 7) is 1.49. The topological polar surface area (TPSA) is 48.3 Å². The Hall–Kier alpha value is -1.69. The second-order valence-corrected chi connectivity index (χ2v) is 6.52. The maximum Gasteiger partial charge on any atom is 0.100 e. The number of imidazole rings is 1. The van der Waals surface area contributed by atoms with E-state index in [-0.39, 0.29) is 6.10 Å². The summed E-state index contributed by atoms with van der Waals surface area (Å²) in [6.07, 6.45) is 6.83. The maximum absolute atomic E-state index is 5.96. The van der Waals surface area contributed by atoms with E-state index >= 15 is 0 Å². The minimum absolute atomic E-state index is 0.115. The van der Waals surface area contributed by atoms with Gasteiger partial charge in [0, 0.05) is 32.8 Å². The van der Waals surface area contributed by atoms with E-state index in [4.69, 9.17) is 9.47 Å². The molecule has 1 N–H and O–H groups in total. The highest BCUT2D eigenvalue weighted by Gasteiger charge is 2.27. The molecule has 3 atom stereocenters. The van der Waals surface area contributed by atoms with Crippen LogP contribution >= 0.6 is 0 Å². The van der Waals surface area contributed by atoms with Gasteiger partial charge in [-0.2, -0.15) is 0 Å². The number of hydrogen-bond acceptors (Lipinski definition) is 4. The van der Waals surface area contributed by atoms with Crippen molar-refractivity contribution in [3.05, 3.63) is 54.1 Å². The van der Waals surface area contributed by atoms with Crippen molar-refractivity contribution >= 4 is 0 Å². The monoisotopic (exact) mass is 329 g/mol. The molecule has 130 valence electrons. The Bertz CT molecular complexity index is 614. The lowest BCUT2D eigenvalue weighted by Gasteiger charge is -2.33. The quantitative estimate of drug-likeness (QED) is 0.848. The van der Waals surface area contributed by atoms with Gasteiger partial charge in [-0.05, 0) is 24.8 Å². The first-order chi connectivity index (χ1) is 11.8. The molecule has 0 saturated carbocycles. The number of methoxy groups -OCH3 is 1. The van der Waals surface area contributed by atoms with Gasteiger partial charge < -0.3 is 19.4 Å². The fraction of sp³-hybridized carbons (Fsp3) is 0.526. The molecule has 2 aromatic rings. The van der Waals surface area contributed by atoms with Crippen LogP contribution in [0.15, 0.2) is 42.9 Å². The van der Waals surface area contributed by atoms with Crippen LogP contribution in [0.1, 0.15) is 30.2 Å². The number of aromatic nitrogens is 2. The Morgan fingerprint density at radius 2 is 2.21 bits per heavy atom. The maximum atomic E-state index is 5.96. The Kier molecular flexibility index (Phi) is 6.01. The van der Waals surface area contributed by atoms with Gasteiger partial charge in [-0.3, -0.25) is 0 Å². The van der Waals surface area contributed by atoms with E-state index in [1.807, 2.05) is 24.1 Å². The van der Waals surface area contributed by atoms with E-state index in [1.165, 1.54) is 5.56 Å². The third kappa shape index (κ3) is 4.44. The van der Waals surface area contributed by atoms with Crippen molar-refractivity contribution in [1.82, 2.24) is 14.9 Å². The first-order valence-electron chi connectivity index (χ1n) is 8.63. The number of nitrogens with one attached hydrogen (secondary N) is 1. The lowest BCUT2D eigenvalue weighted by Crippen LogP contribution is -2.45. The number of nitrogens with zero attached hydrogens (tertiary/aromatic N) is 2. The van der Waals surface area contributed by atoms with Crippen LogP contribution in [0.3, 0.4) is 0 Å². The number of aryl methyl sites for hydroxylation is 1. The zero-order chi connectivity index (χ0) is 16.8. The molecule has 1 aliphatic rings. The molecule has 2 heterocycles. The molecule has 5 heteroatoms. The van der Waals surface area contributed by atoms with Crippen molar-refractivity contribution in [1.29, 1.82) is 0 Å². The fourth-order valence-corrected chi connectivity index (χ4v) is 3.43. The molecule has 1 aromatic heterocycles. The normalized spacial score (nSPS) is 22.4. The van der Waals surface area contributed by atoms with Gasteiger partial charge in [0.1, 0.15) is 6.10 Å². The summed E-state index contributed by atoms with van der Waals surface area (Å²) in [4.78, 5) is 4.21. The average Bonchev–Trinajstić information content (AvgIpc) is 3.02. The average molecular weight is 329 g/mol. The minimum atomic E-state index is 0.115. The van der Waals surface area contributed by atoms with E-state index < -0.39 is 0 Å². The summed E-state index contributed by atoms with van der Waals surface area (Å²) < 4.78 is 13.4. The largest absolute Gasteiger partial charge is 0.383 e. The number of benzene rings is 1. The van der Waals surface area contributed by atoms with Crippen LogP contribution in [0.5, 0.6) is 0 Å². The Labute approximate surface area is 144 Å². The summed E-state index contributed by atoms with van der Waals surface area (Å²) in [7, 11) is 3.79. The van der Waals surface area contributed by atoms with E-state index in [0.717, 1.165) is 31.6 Å². The number of hydrogen-bond donors (Lipinski definition) is 1. The molecule has 0 spiro atoms. The molecule has 1 saturated heterocycles. The molecule has 0 bridgehead atoms. The lowest BCUT2D eigenvalue weighted by molar-refractivity contribution is -0.00755. The van der Waals surface area contributed by atoms with E-state index in [1.54, 1.807) is 7.11 Å². The molecule has 1 aliphatic heterocycles. The second kappa shape index (κ2) is 8.42. The van der Waals surface area contributed by atoms with Gasteiger partial charge in [0.15, 0.2) is 0 Å². The molecule has 24 heavy (non-hydrogen) atoms. The van der Waals surface area contributed by atoms with Crippen molar-refractivity contribution < 1.29 is 9.47 Å². The van der Waals surface area contributed by atoms with Gasteiger partial charge in [0.25, 0.3) is 0 Å². The standard InChI is InChI=1S/C19H27N3O2/c1-22-14-20-12-18(22)19-11-16(8-9-24-19)21-17(13-23-2)10-15-6-4-3-5-7-15/h3-7,12,14,16-17,19,21H,8-11,13H2,1-2H3/t16-,17-,19+/m0/s1. The first-order valence-corrected chi connectivity index (χ1v) is 8.63. The van der Waals surface area contributed by atoms with Crippen LogP contribution in [0.2, 0.25) is 0 Å². The van der Waals surface area contributed by atoms with Gasteiger partial charge in [-0.15, -0.1) is 0 Å². The molecular formula is C19H27N3O2. The zero-order valence-corrected chi connectivity index (χ0v) is 14.5. The Morgan fingerprint density at radius 3 is 2.92 bits per heavy atom. The van der Waals surface area contributed by atoms with Gasteiger partial charge in [-0.1, -0.05) is 30.3 Å². The summed E-state index contributed by atoms with van der Waals surface area (Å²) in [5.74, 6) is 0. The van der Waals surface area contributed by atoms with Crippen LogP contribution in [-0.4, -0.2) is 42.0 Å². The van der Waals surface area contributed by atoms with Gasteiger partial charge in [-0.25, -0.2) is 4.98 Å². The molecule has 0 radical (unpaired) electrons. The number of ether oxygens (including phenoxy) is 2. The summed E-state index contributed by atoms with van der Waals surface area (Å²) in [6, 6.07) is 11.3. The highest BCUT2D eigenvalue weighted by atomic mass is 16.5. The lowest BCUT2D eigenvalue weighted by atomic mass is 9.98. The highest BCUT2D eigenvalue weighted by Crippen LogP contribution is 2.28. The summed E-state index contributed by atoms with van der Waals surface area (Å²) in [5.41, 5.74) is 2.48. The molecule has 5 nitrogen and oxygen atoms in total. The van der Waals surface area contributed by atoms with E-state index in [0.29, 0.717) is 18.7 Å². The predicted molar refractivity (Wildman–Crippen MR) is 93.9 cm³/mol. The van der Waals surface area contributed by atoms with E-state index in [2.05, 4.69) is 40.6 Å². The van der Waals surface area contributed by atoms with Crippen LogP contribution in [0.25, 0.3) is 0 Å². The van der Waals surface area contributed by atoms with Gasteiger partial charge in [0.05, 0.1) is 24.8 Å². The molecule has 1 aromatic carbocycles. The summed E-state index contributed by atoms with van der Waals surface area (Å²) in [5, 5.41) is 3.78. The highest BCUT2D eigenvalue weighted by molar-refractivity contribution is 5.16. The number of rotatable bonds is 7. The molecule has 3 rings (SSSR count). The third-order valence-corrected chi connectivity index (χ3v) is 4.63. The zero-order valence-electron chi connectivity index (χ0n) is 14.5. The van der Waals surface area contributed by atoms with Crippen molar-refractivity contribution in [2.24, 2.45) is 7.05 Å². The Morgan fingerprint density at radius 1 is 1.38 bits per heavy atom. The second-order valence-electron chi connectivity index (χ2n) is 6.52. The predicted octanol–water partition coefficient (Wildman–Crippen LogP) is 2.49. The first kappa shape index (κ1) is 17.1. The minimum Gasteiger partial charge on any atom is -0.383 e. The van der Waals surface area contributed by atoms with Crippen molar-refractivity contribution in [3.8, 4) is 0 Å².